The third-order valence-electron chi connectivity index (χ3n) is 4.16. The molecule has 1 aromatic carbocycles. The summed E-state index contributed by atoms with van der Waals surface area (Å²) in [5.74, 6) is -0.770. The molecular formula is C17H24ClFN4O3S2. The average Bonchev–Trinajstić information content (AvgIpc) is 3.15. The van der Waals surface area contributed by atoms with E-state index in [4.69, 9.17) is 22.4 Å². The Morgan fingerprint density at radius 3 is 2.75 bits per heavy atom. The first-order chi connectivity index (χ1) is 13.4. The van der Waals surface area contributed by atoms with E-state index in [0.29, 0.717) is 18.8 Å². The van der Waals surface area contributed by atoms with Crippen molar-refractivity contribution in [3.05, 3.63) is 34.5 Å². The van der Waals surface area contributed by atoms with E-state index >= 15 is 0 Å². The molecule has 1 atom stereocenters. The summed E-state index contributed by atoms with van der Waals surface area (Å²) in [6, 6.07) is 2.16. The molecule has 0 aliphatic carbocycles. The lowest BCUT2D eigenvalue weighted by molar-refractivity contribution is 0.220. The Hall–Kier alpha value is -1.46. The summed E-state index contributed by atoms with van der Waals surface area (Å²) < 4.78 is 41.3. The van der Waals surface area contributed by atoms with E-state index < -0.39 is 20.7 Å². The summed E-state index contributed by atoms with van der Waals surface area (Å²) in [6.45, 7) is 1.13. The molecule has 0 spiro atoms. The third-order valence-corrected chi connectivity index (χ3v) is 6.65. The summed E-state index contributed by atoms with van der Waals surface area (Å²) >= 11 is 7.22. The van der Waals surface area contributed by atoms with E-state index in [0.717, 1.165) is 49.2 Å². The molecule has 0 unspecified atom stereocenters. The van der Waals surface area contributed by atoms with Gasteiger partial charge >= 0.3 is 0 Å². The minimum atomic E-state index is -4.12. The summed E-state index contributed by atoms with van der Waals surface area (Å²) in [5.41, 5.74) is 5.87. The molecule has 1 aromatic heterocycles. The van der Waals surface area contributed by atoms with Crippen LogP contribution in [0, 0.1) is 11.7 Å². The Morgan fingerprint density at radius 2 is 2.11 bits per heavy atom. The predicted molar refractivity (Wildman–Crippen MR) is 111 cm³/mol. The smallest absolute Gasteiger partial charge is 0.266 e. The highest BCUT2D eigenvalue weighted by Gasteiger charge is 2.22. The van der Waals surface area contributed by atoms with Crippen molar-refractivity contribution in [2.45, 2.75) is 30.6 Å². The Balaban J connectivity index is 1.91. The van der Waals surface area contributed by atoms with E-state index in [1.165, 1.54) is 6.20 Å². The van der Waals surface area contributed by atoms with E-state index in [9.17, 15) is 12.8 Å². The molecule has 2 aromatic rings. The second kappa shape index (κ2) is 10.9. The first kappa shape index (κ1) is 22.8. The van der Waals surface area contributed by atoms with Crippen molar-refractivity contribution in [2.24, 2.45) is 11.7 Å². The number of nitrogens with two attached hydrogens (primary N) is 1. The lowest BCUT2D eigenvalue weighted by Gasteiger charge is -2.13. The first-order valence-corrected chi connectivity index (χ1v) is 11.6. The molecule has 0 fully saturated rings. The van der Waals surface area contributed by atoms with Gasteiger partial charge in [-0.05, 0) is 37.4 Å². The zero-order valence-electron chi connectivity index (χ0n) is 15.2. The van der Waals surface area contributed by atoms with Gasteiger partial charge in [0.2, 0.25) is 0 Å². The van der Waals surface area contributed by atoms with Gasteiger partial charge < -0.3 is 16.2 Å². The normalized spacial score (nSPS) is 12.7. The van der Waals surface area contributed by atoms with Crippen LogP contribution in [0.5, 0.6) is 0 Å². The molecule has 0 amide bonds. The van der Waals surface area contributed by atoms with Gasteiger partial charge in [-0.2, -0.15) is 0 Å². The Bertz CT molecular complexity index is 846. The number of benzene rings is 1. The van der Waals surface area contributed by atoms with Crippen LogP contribution in [0.3, 0.4) is 0 Å². The number of aliphatic hydroxyl groups excluding tert-OH is 1. The van der Waals surface area contributed by atoms with Crippen LogP contribution in [0.25, 0.3) is 0 Å². The van der Waals surface area contributed by atoms with E-state index in [2.05, 4.69) is 15.0 Å². The lowest BCUT2D eigenvalue weighted by atomic mass is 10.0. The van der Waals surface area contributed by atoms with Crippen LogP contribution in [0.4, 0.5) is 15.2 Å². The maximum absolute atomic E-state index is 14.4. The maximum Gasteiger partial charge on any atom is 0.266 e. The van der Waals surface area contributed by atoms with Crippen molar-refractivity contribution >= 4 is 43.8 Å². The maximum atomic E-state index is 14.4. The van der Waals surface area contributed by atoms with Crippen LogP contribution < -0.4 is 15.8 Å². The van der Waals surface area contributed by atoms with Gasteiger partial charge in [-0.1, -0.05) is 24.4 Å². The monoisotopic (exact) mass is 450 g/mol. The molecule has 0 bridgehead atoms. The number of nitrogens with zero attached hydrogens (tertiary/aromatic N) is 1. The van der Waals surface area contributed by atoms with E-state index in [-0.39, 0.29) is 22.7 Å². The molecule has 0 saturated heterocycles. The van der Waals surface area contributed by atoms with Crippen LogP contribution in [0.2, 0.25) is 5.02 Å². The highest BCUT2D eigenvalue weighted by Crippen LogP contribution is 2.29. The SMILES string of the molecule is NC[C@H](CO)CCCCCNc1cc(F)c(S(=O)(=O)Nc2nccs2)cc1Cl. The molecular weight excluding hydrogens is 427 g/mol. The van der Waals surface area contributed by atoms with Crippen molar-refractivity contribution in [1.29, 1.82) is 0 Å². The van der Waals surface area contributed by atoms with Crippen molar-refractivity contribution < 1.29 is 17.9 Å². The molecule has 0 aliphatic rings. The number of nitrogens with one attached hydrogen (secondary N) is 2. The van der Waals surface area contributed by atoms with Gasteiger partial charge in [0.05, 0.1) is 10.7 Å². The number of hydrogen-bond acceptors (Lipinski definition) is 7. The van der Waals surface area contributed by atoms with Crippen molar-refractivity contribution in [2.75, 3.05) is 29.7 Å². The molecule has 0 radical (unpaired) electrons. The number of anilines is 2. The fourth-order valence-corrected chi connectivity index (χ4v) is 4.73. The molecule has 1 heterocycles. The summed E-state index contributed by atoms with van der Waals surface area (Å²) in [5, 5.41) is 14.0. The first-order valence-electron chi connectivity index (χ1n) is 8.83. The molecule has 11 heteroatoms. The number of halogens is 2. The number of rotatable bonds is 12. The Kier molecular flexibility index (Phi) is 8.90. The summed E-state index contributed by atoms with van der Waals surface area (Å²) in [4.78, 5) is 3.29. The topological polar surface area (TPSA) is 117 Å². The fraction of sp³-hybridized carbons (Fsp3) is 0.471. The van der Waals surface area contributed by atoms with Gasteiger partial charge in [-0.15, -0.1) is 11.3 Å². The number of sulfonamides is 1. The predicted octanol–water partition coefficient (Wildman–Crippen LogP) is 3.28. The van der Waals surface area contributed by atoms with Gasteiger partial charge in [-0.25, -0.2) is 17.8 Å². The second-order valence-corrected chi connectivity index (χ2v) is 9.22. The molecule has 0 aliphatic heterocycles. The second-order valence-electron chi connectivity index (χ2n) is 6.27. The third kappa shape index (κ3) is 6.56. The molecule has 7 nitrogen and oxygen atoms in total. The van der Waals surface area contributed by atoms with Crippen LogP contribution in [-0.2, 0) is 10.0 Å². The van der Waals surface area contributed by atoms with Crippen molar-refractivity contribution in [3.8, 4) is 0 Å². The number of unbranched alkanes of at least 4 members (excludes halogenated alkanes) is 2. The highest BCUT2D eigenvalue weighted by atomic mass is 35.5. The molecule has 0 saturated carbocycles. The van der Waals surface area contributed by atoms with Gasteiger partial charge in [0.25, 0.3) is 10.0 Å². The lowest BCUT2D eigenvalue weighted by Crippen LogP contribution is -2.17. The summed E-state index contributed by atoms with van der Waals surface area (Å²) in [6.07, 6.45) is 4.99. The van der Waals surface area contributed by atoms with Gasteiger partial charge in [0.15, 0.2) is 5.13 Å². The van der Waals surface area contributed by atoms with Gasteiger partial charge in [0.1, 0.15) is 10.7 Å². The van der Waals surface area contributed by atoms with Crippen LogP contribution in [-0.4, -0.2) is 38.2 Å². The quantitative estimate of drug-likeness (QED) is 0.368. The van der Waals surface area contributed by atoms with Crippen LogP contribution in [0.1, 0.15) is 25.7 Å². The van der Waals surface area contributed by atoms with Gasteiger partial charge in [-0.3, -0.25) is 4.72 Å². The summed E-state index contributed by atoms with van der Waals surface area (Å²) in [7, 11) is -4.12. The average molecular weight is 451 g/mol. The molecule has 28 heavy (non-hydrogen) atoms. The number of thiazole rings is 1. The largest absolute Gasteiger partial charge is 0.396 e. The number of aromatic nitrogens is 1. The van der Waals surface area contributed by atoms with Crippen LogP contribution in [0.15, 0.2) is 28.6 Å². The molecule has 156 valence electrons. The highest BCUT2D eigenvalue weighted by molar-refractivity contribution is 7.93. The Morgan fingerprint density at radius 1 is 1.32 bits per heavy atom. The zero-order valence-corrected chi connectivity index (χ0v) is 17.6. The van der Waals surface area contributed by atoms with E-state index in [1.807, 2.05) is 0 Å². The minimum Gasteiger partial charge on any atom is -0.396 e. The van der Waals surface area contributed by atoms with Gasteiger partial charge in [0, 0.05) is 24.7 Å². The minimum absolute atomic E-state index is 0.0935. The van der Waals surface area contributed by atoms with Crippen molar-refractivity contribution in [1.82, 2.24) is 4.98 Å². The van der Waals surface area contributed by atoms with E-state index in [1.54, 1.807) is 5.38 Å². The number of aliphatic hydroxyl groups is 1. The fourth-order valence-electron chi connectivity index (χ4n) is 2.56. The Labute approximate surface area is 173 Å². The zero-order chi connectivity index (χ0) is 20.6. The molecule has 5 N–H and O–H groups in total. The van der Waals surface area contributed by atoms with Crippen molar-refractivity contribution in [3.63, 3.8) is 0 Å². The van der Waals surface area contributed by atoms with Crippen LogP contribution >= 0.6 is 22.9 Å². The standard InChI is InChI=1S/C17H24ClFN4O3S2/c18-13-8-16(28(25,26)23-17-22-6-7-27-17)14(19)9-15(13)21-5-3-1-2-4-12(10-20)11-24/h6-9,12,21,24H,1-5,10-11,20H2,(H,22,23)/t12-/m1/s1. The number of hydrogen-bond donors (Lipinski definition) is 4. The molecule has 2 rings (SSSR count).